The lowest BCUT2D eigenvalue weighted by molar-refractivity contribution is -0.121. The third kappa shape index (κ3) is 6.75. The summed E-state index contributed by atoms with van der Waals surface area (Å²) in [7, 11) is 0. The number of likely N-dealkylation sites (tertiary alicyclic amines) is 1. The van der Waals surface area contributed by atoms with Gasteiger partial charge in [-0.15, -0.1) is 24.8 Å². The SMILES string of the molecule is Cl.Cl.O=C(CCC1CCNC1)NCC(c1c(F)cccc1Cl)N1CCCC1. The zero-order valence-electron chi connectivity index (χ0n) is 15.4. The van der Waals surface area contributed by atoms with Gasteiger partial charge in [-0.2, -0.15) is 0 Å². The molecule has 2 atom stereocenters. The van der Waals surface area contributed by atoms with Crippen molar-refractivity contribution in [2.45, 2.75) is 38.1 Å². The van der Waals surface area contributed by atoms with E-state index >= 15 is 0 Å². The van der Waals surface area contributed by atoms with Crippen molar-refractivity contribution >= 4 is 42.3 Å². The molecule has 1 aromatic rings. The van der Waals surface area contributed by atoms with E-state index in [0.717, 1.165) is 51.9 Å². The van der Waals surface area contributed by atoms with Crippen molar-refractivity contribution in [2.24, 2.45) is 5.92 Å². The molecule has 1 amide bonds. The van der Waals surface area contributed by atoms with Crippen LogP contribution in [0.3, 0.4) is 0 Å². The van der Waals surface area contributed by atoms with Crippen LogP contribution < -0.4 is 10.6 Å². The lowest BCUT2D eigenvalue weighted by Gasteiger charge is -2.29. The highest BCUT2D eigenvalue weighted by Crippen LogP contribution is 2.32. The van der Waals surface area contributed by atoms with E-state index in [9.17, 15) is 9.18 Å². The average molecular weight is 441 g/mol. The van der Waals surface area contributed by atoms with Gasteiger partial charge >= 0.3 is 0 Å². The standard InChI is InChI=1S/C19H27ClFN3O.2ClH/c20-15-4-3-5-16(21)19(15)17(24-10-1-2-11-24)13-23-18(25)7-6-14-8-9-22-12-14;;/h3-5,14,17,22H,1-2,6-13H2,(H,23,25);2*1H. The van der Waals surface area contributed by atoms with Crippen LogP contribution in [0.1, 0.15) is 43.7 Å². The van der Waals surface area contributed by atoms with Gasteiger partial charge in [-0.05, 0) is 69.9 Å². The quantitative estimate of drug-likeness (QED) is 0.674. The van der Waals surface area contributed by atoms with E-state index in [-0.39, 0.29) is 42.6 Å². The van der Waals surface area contributed by atoms with E-state index in [1.165, 1.54) is 6.07 Å². The van der Waals surface area contributed by atoms with E-state index < -0.39 is 0 Å². The summed E-state index contributed by atoms with van der Waals surface area (Å²) in [6.45, 7) is 4.30. The van der Waals surface area contributed by atoms with Crippen LogP contribution in [0.5, 0.6) is 0 Å². The second-order valence-electron chi connectivity index (χ2n) is 7.10. The minimum absolute atomic E-state index is 0. The number of hydrogen-bond donors (Lipinski definition) is 2. The fourth-order valence-corrected chi connectivity index (χ4v) is 4.18. The number of amides is 1. The Hall–Kier alpha value is -0.590. The van der Waals surface area contributed by atoms with Gasteiger partial charge in [0.1, 0.15) is 5.82 Å². The predicted octanol–water partition coefficient (Wildman–Crippen LogP) is 3.97. The second kappa shape index (κ2) is 12.1. The van der Waals surface area contributed by atoms with E-state index in [4.69, 9.17) is 11.6 Å². The Kier molecular flexibility index (Phi) is 10.9. The van der Waals surface area contributed by atoms with E-state index in [1.807, 2.05) is 0 Å². The molecule has 0 radical (unpaired) electrons. The summed E-state index contributed by atoms with van der Waals surface area (Å²) in [6, 6.07) is 4.58. The Morgan fingerprint density at radius 1 is 1.33 bits per heavy atom. The minimum atomic E-state index is -0.296. The van der Waals surface area contributed by atoms with Crippen molar-refractivity contribution < 1.29 is 9.18 Å². The Bertz CT molecular complexity index is 573. The fourth-order valence-electron chi connectivity index (χ4n) is 3.89. The number of benzene rings is 1. The summed E-state index contributed by atoms with van der Waals surface area (Å²) < 4.78 is 14.4. The lowest BCUT2D eigenvalue weighted by Crippen LogP contribution is -2.37. The molecule has 3 rings (SSSR count). The lowest BCUT2D eigenvalue weighted by atomic mass is 10.0. The van der Waals surface area contributed by atoms with Crippen molar-refractivity contribution in [2.75, 3.05) is 32.7 Å². The molecule has 2 aliphatic rings. The first-order valence-corrected chi connectivity index (χ1v) is 9.68. The van der Waals surface area contributed by atoms with Gasteiger partial charge in [0.25, 0.3) is 0 Å². The highest BCUT2D eigenvalue weighted by Gasteiger charge is 2.28. The largest absolute Gasteiger partial charge is 0.354 e. The molecule has 2 heterocycles. The van der Waals surface area contributed by atoms with Crippen LogP contribution in [0, 0.1) is 11.7 Å². The molecule has 2 fully saturated rings. The molecule has 0 spiro atoms. The molecule has 2 aliphatic heterocycles. The molecular formula is C19H29Cl3FN3O. The molecule has 27 heavy (non-hydrogen) atoms. The highest BCUT2D eigenvalue weighted by atomic mass is 35.5. The Morgan fingerprint density at radius 3 is 2.70 bits per heavy atom. The molecule has 2 saturated heterocycles. The fraction of sp³-hybridized carbons (Fsp3) is 0.632. The van der Waals surface area contributed by atoms with Gasteiger partial charge in [-0.1, -0.05) is 17.7 Å². The maximum atomic E-state index is 14.4. The summed E-state index contributed by atoms with van der Waals surface area (Å²) in [5.74, 6) is 0.348. The van der Waals surface area contributed by atoms with Gasteiger partial charge < -0.3 is 10.6 Å². The zero-order valence-corrected chi connectivity index (χ0v) is 17.8. The van der Waals surface area contributed by atoms with E-state index in [0.29, 0.717) is 29.5 Å². The third-order valence-corrected chi connectivity index (χ3v) is 5.68. The first kappa shape index (κ1) is 24.4. The molecule has 0 saturated carbocycles. The normalized spacial score (nSPS) is 20.6. The molecule has 0 bridgehead atoms. The maximum absolute atomic E-state index is 14.4. The van der Waals surface area contributed by atoms with Gasteiger partial charge in [-0.3, -0.25) is 9.69 Å². The number of nitrogens with one attached hydrogen (secondary N) is 2. The van der Waals surface area contributed by atoms with Gasteiger partial charge in [0.15, 0.2) is 0 Å². The van der Waals surface area contributed by atoms with Crippen LogP contribution in [0.25, 0.3) is 0 Å². The maximum Gasteiger partial charge on any atom is 0.220 e. The van der Waals surface area contributed by atoms with Crippen LogP contribution in [0.4, 0.5) is 4.39 Å². The zero-order chi connectivity index (χ0) is 17.6. The van der Waals surface area contributed by atoms with Crippen molar-refractivity contribution in [3.05, 3.63) is 34.6 Å². The smallest absolute Gasteiger partial charge is 0.220 e. The third-order valence-electron chi connectivity index (χ3n) is 5.35. The number of rotatable bonds is 7. The van der Waals surface area contributed by atoms with Crippen molar-refractivity contribution in [3.8, 4) is 0 Å². The van der Waals surface area contributed by atoms with Gasteiger partial charge in [0, 0.05) is 23.6 Å². The first-order valence-electron chi connectivity index (χ1n) is 9.30. The number of hydrogen-bond acceptors (Lipinski definition) is 3. The van der Waals surface area contributed by atoms with E-state index in [2.05, 4.69) is 15.5 Å². The van der Waals surface area contributed by atoms with Gasteiger partial charge in [-0.25, -0.2) is 4.39 Å². The number of halogens is 4. The molecule has 4 nitrogen and oxygen atoms in total. The van der Waals surface area contributed by atoms with Crippen LogP contribution in [0.15, 0.2) is 18.2 Å². The Morgan fingerprint density at radius 2 is 2.07 bits per heavy atom. The van der Waals surface area contributed by atoms with Gasteiger partial charge in [0.2, 0.25) is 5.91 Å². The summed E-state index contributed by atoms with van der Waals surface area (Å²) in [6.07, 6.45) is 4.79. The molecule has 8 heteroatoms. The van der Waals surface area contributed by atoms with E-state index in [1.54, 1.807) is 12.1 Å². The minimum Gasteiger partial charge on any atom is -0.354 e. The average Bonchev–Trinajstić information content (AvgIpc) is 3.29. The molecule has 0 aromatic heterocycles. The number of carbonyl (C=O) groups excluding carboxylic acids is 1. The molecule has 2 unspecified atom stereocenters. The molecule has 2 N–H and O–H groups in total. The topological polar surface area (TPSA) is 44.4 Å². The number of nitrogens with zero attached hydrogens (tertiary/aromatic N) is 1. The van der Waals surface area contributed by atoms with Crippen LogP contribution in [0.2, 0.25) is 5.02 Å². The summed E-state index contributed by atoms with van der Waals surface area (Å²) >= 11 is 6.28. The first-order chi connectivity index (χ1) is 12.1. The van der Waals surface area contributed by atoms with Crippen molar-refractivity contribution in [1.82, 2.24) is 15.5 Å². The van der Waals surface area contributed by atoms with Crippen molar-refractivity contribution in [3.63, 3.8) is 0 Å². The molecule has 154 valence electrons. The van der Waals surface area contributed by atoms with Crippen LogP contribution >= 0.6 is 36.4 Å². The highest BCUT2D eigenvalue weighted by molar-refractivity contribution is 6.31. The Balaban J connectivity index is 0.00000182. The Labute approximate surface area is 178 Å². The van der Waals surface area contributed by atoms with Crippen LogP contribution in [-0.4, -0.2) is 43.5 Å². The van der Waals surface area contributed by atoms with Crippen LogP contribution in [-0.2, 0) is 4.79 Å². The summed E-state index contributed by atoms with van der Waals surface area (Å²) in [4.78, 5) is 14.5. The molecule has 1 aromatic carbocycles. The predicted molar refractivity (Wildman–Crippen MR) is 113 cm³/mol. The second-order valence-corrected chi connectivity index (χ2v) is 7.50. The molecule has 0 aliphatic carbocycles. The van der Waals surface area contributed by atoms with Crippen molar-refractivity contribution in [1.29, 1.82) is 0 Å². The van der Waals surface area contributed by atoms with Gasteiger partial charge in [0.05, 0.1) is 6.04 Å². The summed E-state index contributed by atoms with van der Waals surface area (Å²) in [5.41, 5.74) is 0.506. The molecular weight excluding hydrogens is 412 g/mol. The number of carbonyl (C=O) groups is 1. The summed E-state index contributed by atoms with van der Waals surface area (Å²) in [5, 5.41) is 6.77. The monoisotopic (exact) mass is 439 g/mol.